The molecule has 3 aromatic carbocycles. The molecular weight excluding hydrogens is 1010 g/mol. The monoisotopic (exact) mass is 1080 g/mol. The van der Waals surface area contributed by atoms with Crippen LogP contribution >= 0.6 is 11.3 Å². The van der Waals surface area contributed by atoms with Crippen LogP contribution in [-0.2, 0) is 43.5 Å². The third-order valence-electron chi connectivity index (χ3n) is 14.2. The number of hydrogen-bond acceptors (Lipinski definition) is 13. The smallest absolute Gasteiger partial charge is 0.322 e. The van der Waals surface area contributed by atoms with Crippen LogP contribution in [0.3, 0.4) is 0 Å². The number of benzene rings is 3. The fourth-order valence-electron chi connectivity index (χ4n) is 9.88. The van der Waals surface area contributed by atoms with Crippen LogP contribution in [0.5, 0.6) is 0 Å². The van der Waals surface area contributed by atoms with Gasteiger partial charge in [-0.3, -0.25) is 24.0 Å². The first-order valence-electron chi connectivity index (χ1n) is 26.8. The quantitative estimate of drug-likeness (QED) is 0.0385. The van der Waals surface area contributed by atoms with Crippen LogP contribution in [0, 0.1) is 23.7 Å². The zero-order chi connectivity index (χ0) is 55.0. The number of carbonyl (C=O) groups excluding carboxylic acids is 4. The van der Waals surface area contributed by atoms with Crippen LogP contribution < -0.4 is 26.2 Å². The number of nitriles is 1. The summed E-state index contributed by atoms with van der Waals surface area (Å²) in [5.74, 6) is -0.540. The van der Waals surface area contributed by atoms with Gasteiger partial charge in [0.05, 0.1) is 47.2 Å². The van der Waals surface area contributed by atoms with Crippen molar-refractivity contribution in [3.8, 4) is 27.6 Å². The number of hydrogen-bond donors (Lipinski definition) is 5. The summed E-state index contributed by atoms with van der Waals surface area (Å²) < 4.78 is 13.3. The third kappa shape index (κ3) is 15.6. The second-order valence-electron chi connectivity index (χ2n) is 21.1. The van der Waals surface area contributed by atoms with E-state index >= 15 is 0 Å². The number of nitrogens with one attached hydrogen (secondary N) is 4. The first kappa shape index (κ1) is 56.7. The van der Waals surface area contributed by atoms with Gasteiger partial charge in [0.1, 0.15) is 30.6 Å². The van der Waals surface area contributed by atoms with E-state index < -0.39 is 35.4 Å². The Morgan fingerprint density at radius 3 is 2.24 bits per heavy atom. The summed E-state index contributed by atoms with van der Waals surface area (Å²) in [5.41, 5.74) is 8.35. The highest BCUT2D eigenvalue weighted by atomic mass is 32.1. The van der Waals surface area contributed by atoms with Crippen molar-refractivity contribution in [2.75, 3.05) is 43.2 Å². The topological polar surface area (TPSA) is 229 Å². The summed E-state index contributed by atoms with van der Waals surface area (Å²) in [4.78, 5) is 67.6. The first-order valence-corrected chi connectivity index (χ1v) is 27.7. The highest BCUT2D eigenvalue weighted by Crippen LogP contribution is 2.32. The molecule has 78 heavy (non-hydrogen) atoms. The number of aromatic nitrogens is 4. The Kier molecular flexibility index (Phi) is 19.8. The van der Waals surface area contributed by atoms with Gasteiger partial charge >= 0.3 is 6.03 Å². The molecule has 18 nitrogen and oxygen atoms in total. The van der Waals surface area contributed by atoms with Crippen LogP contribution in [0.4, 0.5) is 16.3 Å². The van der Waals surface area contributed by atoms with Crippen LogP contribution in [0.25, 0.3) is 21.6 Å². The SMILES string of the molecule is Cc1ncsc1-c1ccc(CNC(=O)[C@@H]2C[C@@H](O)CN2C(=O)[C@@H](NC(=O)COCCOCCCCn2cc(-c3ccc(N(C(=O)NCc4ccccc4)C4CCC(Nc5ccc(C#N)cn5)CC4)cc3)cn2)C(C)(C)C)cc1. The highest BCUT2D eigenvalue weighted by Gasteiger charge is 2.44. The Balaban J connectivity index is 0.738. The van der Waals surface area contributed by atoms with Crippen LogP contribution in [0.2, 0.25) is 0 Å². The number of unbranched alkanes of at least 4 members (excludes halogenated alkanes) is 1. The first-order chi connectivity index (χ1) is 37.7. The molecule has 6 aromatic rings. The number of rotatable bonds is 23. The van der Waals surface area contributed by atoms with Crippen molar-refractivity contribution in [1.29, 1.82) is 5.26 Å². The number of amides is 5. The van der Waals surface area contributed by atoms with Crippen molar-refractivity contribution in [3.05, 3.63) is 137 Å². The molecular formula is C59H71N11O7S. The number of carbonyl (C=O) groups is 4. The summed E-state index contributed by atoms with van der Waals surface area (Å²) in [7, 11) is 0. The van der Waals surface area contributed by atoms with Gasteiger partial charge in [0.25, 0.3) is 0 Å². The van der Waals surface area contributed by atoms with Crippen molar-refractivity contribution in [2.24, 2.45) is 5.41 Å². The molecule has 0 spiro atoms. The number of nitrogens with zero attached hydrogens (tertiary/aromatic N) is 7. The molecule has 5 amide bonds. The number of aliphatic hydroxyl groups excluding tert-OH is 1. The number of thiazole rings is 1. The number of β-amino-alcohol motifs (C(OH)–C–C–N with tert-alkyl or cyclic N) is 1. The molecule has 1 saturated carbocycles. The predicted octanol–water partition coefficient (Wildman–Crippen LogP) is 8.01. The van der Waals surface area contributed by atoms with Gasteiger partial charge < -0.3 is 40.7 Å². The summed E-state index contributed by atoms with van der Waals surface area (Å²) in [6, 6.07) is 29.8. The molecule has 0 bridgehead atoms. The average molecular weight is 1080 g/mol. The molecule has 4 heterocycles. The van der Waals surface area contributed by atoms with Gasteiger partial charge in [-0.15, -0.1) is 11.3 Å². The Morgan fingerprint density at radius 1 is 0.833 bits per heavy atom. The normalized spacial score (nSPS) is 17.7. The Morgan fingerprint density at radius 2 is 1.55 bits per heavy atom. The lowest BCUT2D eigenvalue weighted by atomic mass is 9.85. The molecule has 1 aliphatic carbocycles. The molecule has 0 unspecified atom stereocenters. The second-order valence-corrected chi connectivity index (χ2v) is 21.9. The molecule has 2 aliphatic rings. The molecule has 8 rings (SSSR count). The van der Waals surface area contributed by atoms with Crippen LogP contribution in [0.1, 0.15) is 88.1 Å². The lowest BCUT2D eigenvalue weighted by Gasteiger charge is -2.37. The molecule has 19 heteroatoms. The zero-order valence-electron chi connectivity index (χ0n) is 44.9. The number of anilines is 2. The van der Waals surface area contributed by atoms with Gasteiger partial charge in [0, 0.05) is 74.9 Å². The Hall–Kier alpha value is -7.50. The number of pyridine rings is 1. The molecule has 3 aromatic heterocycles. The maximum atomic E-state index is 14.0. The molecule has 1 saturated heterocycles. The van der Waals surface area contributed by atoms with E-state index in [9.17, 15) is 24.3 Å². The summed E-state index contributed by atoms with van der Waals surface area (Å²) >= 11 is 1.57. The lowest BCUT2D eigenvalue weighted by molar-refractivity contribution is -0.144. The molecule has 2 fully saturated rings. The number of ether oxygens (including phenoxy) is 2. The van der Waals surface area contributed by atoms with Gasteiger partial charge in [-0.1, -0.05) is 87.5 Å². The summed E-state index contributed by atoms with van der Waals surface area (Å²) in [6.07, 6.45) is 9.64. The van der Waals surface area contributed by atoms with E-state index in [1.165, 1.54) is 4.90 Å². The molecule has 3 atom stereocenters. The van der Waals surface area contributed by atoms with Gasteiger partial charge in [-0.05, 0) is 97.4 Å². The third-order valence-corrected chi connectivity index (χ3v) is 15.1. The van der Waals surface area contributed by atoms with Crippen molar-refractivity contribution < 1.29 is 33.8 Å². The average Bonchev–Trinajstić information content (AvgIpc) is 4.24. The zero-order valence-corrected chi connectivity index (χ0v) is 45.7. The largest absolute Gasteiger partial charge is 0.391 e. The van der Waals surface area contributed by atoms with Crippen LogP contribution in [-0.4, -0.2) is 117 Å². The van der Waals surface area contributed by atoms with Crippen molar-refractivity contribution in [2.45, 2.75) is 123 Å². The summed E-state index contributed by atoms with van der Waals surface area (Å²) in [6.45, 7) is 9.55. The fourth-order valence-corrected chi connectivity index (χ4v) is 10.7. The van der Waals surface area contributed by atoms with Crippen molar-refractivity contribution in [1.82, 2.24) is 40.6 Å². The predicted molar refractivity (Wildman–Crippen MR) is 300 cm³/mol. The standard InChI is InChI=1S/C59H71N11O7S/c1-40-54(78-39-64-40)45-15-12-42(13-16-45)32-62-56(73)51-30-50(71)37-69(51)57(74)55(59(2,3)4)67-53(72)38-77-29-28-76-27-9-8-26-68-36-46(35-65-68)44-17-21-48(22-18-44)70(58(75)63-33-41-10-6-5-7-11-41)49-23-19-47(20-24-49)66-52-25-14-43(31-60)34-61-52/h5-7,10-18,21-22,25,34-36,39,47,49-51,55,71H,8-9,19-20,23-24,26-30,32-33,37-38H2,1-4H3,(H,61,66)(H,62,73)(H,63,75)(H,67,72)/t47?,49?,50-,51+,55-/m1/s1. The van der Waals surface area contributed by atoms with Gasteiger partial charge in [0.2, 0.25) is 17.7 Å². The molecule has 1 aliphatic heterocycles. The molecule has 5 N–H and O–H groups in total. The second kappa shape index (κ2) is 27.2. The van der Waals surface area contributed by atoms with E-state index in [-0.39, 0.29) is 63.4 Å². The number of aliphatic hydroxyl groups is 1. The minimum atomic E-state index is -0.966. The molecule has 410 valence electrons. The maximum Gasteiger partial charge on any atom is 0.322 e. The van der Waals surface area contributed by atoms with Gasteiger partial charge in [-0.25, -0.2) is 14.8 Å². The molecule has 0 radical (unpaired) electrons. The van der Waals surface area contributed by atoms with Crippen LogP contribution in [0.15, 0.2) is 115 Å². The van der Waals surface area contributed by atoms with E-state index in [0.717, 1.165) is 88.4 Å². The lowest BCUT2D eigenvalue weighted by Crippen LogP contribution is -2.58. The van der Waals surface area contributed by atoms with Crippen molar-refractivity contribution in [3.63, 3.8) is 0 Å². The number of urea groups is 1. The maximum absolute atomic E-state index is 14.0. The van der Waals surface area contributed by atoms with E-state index in [1.807, 2.05) is 140 Å². The minimum absolute atomic E-state index is 0.00607. The number of likely N-dealkylation sites (tertiary alicyclic amines) is 1. The van der Waals surface area contributed by atoms with E-state index in [0.29, 0.717) is 25.3 Å². The van der Waals surface area contributed by atoms with E-state index in [2.05, 4.69) is 42.4 Å². The minimum Gasteiger partial charge on any atom is -0.391 e. The van der Waals surface area contributed by atoms with E-state index in [1.54, 1.807) is 23.6 Å². The Bertz CT molecular complexity index is 2950. The number of aryl methyl sites for hydroxylation is 2. The Labute approximate surface area is 460 Å². The van der Waals surface area contributed by atoms with E-state index in [4.69, 9.17) is 14.7 Å². The van der Waals surface area contributed by atoms with Crippen molar-refractivity contribution >= 4 is 46.6 Å². The fraction of sp³-hybridized carbons (Fsp3) is 0.424. The highest BCUT2D eigenvalue weighted by molar-refractivity contribution is 7.13. The van der Waals surface area contributed by atoms with Gasteiger partial charge in [0.15, 0.2) is 0 Å². The summed E-state index contributed by atoms with van der Waals surface area (Å²) in [5, 5.41) is 36.8. The van der Waals surface area contributed by atoms with Gasteiger partial charge in [-0.2, -0.15) is 10.4 Å².